The van der Waals surface area contributed by atoms with Crippen LogP contribution in [0.3, 0.4) is 0 Å². The van der Waals surface area contributed by atoms with Crippen molar-refractivity contribution in [1.29, 1.82) is 0 Å². The maximum atomic E-state index is 13.2. The van der Waals surface area contributed by atoms with Crippen molar-refractivity contribution in [1.82, 2.24) is 7.06 Å². The van der Waals surface area contributed by atoms with E-state index in [1.54, 1.807) is 13.8 Å². The number of carbonyl (C=O) groups is 1. The monoisotopic (exact) mass is 532 g/mol. The molecule has 0 radical (unpaired) electrons. The van der Waals surface area contributed by atoms with Crippen molar-refractivity contribution in [2.75, 3.05) is 0 Å². The van der Waals surface area contributed by atoms with E-state index in [4.69, 9.17) is 4.74 Å². The van der Waals surface area contributed by atoms with Crippen molar-refractivity contribution in [2.45, 2.75) is 80.1 Å². The Bertz CT molecular complexity index is 613. The number of esters is 1. The van der Waals surface area contributed by atoms with Crippen LogP contribution in [0, 0.1) is 11.3 Å². The molecule has 28 heavy (non-hydrogen) atoms. The quantitative estimate of drug-likeness (QED) is 0.0918. The van der Waals surface area contributed by atoms with Crippen LogP contribution in [0.15, 0.2) is 0 Å². The number of halogens is 7. The zero-order valence-corrected chi connectivity index (χ0v) is 17.5. The molecule has 1 atom stereocenters. The Morgan fingerprint density at radius 2 is 1.57 bits per heavy atom. The van der Waals surface area contributed by atoms with Gasteiger partial charge in [-0.2, -0.15) is 0 Å². The van der Waals surface area contributed by atoms with Gasteiger partial charge in [0.2, 0.25) is 0 Å². The number of hydrogen-bond acceptors (Lipinski definition) is 5. The molecular weight excluding hydrogens is 509 g/mol. The molecule has 12 heteroatoms. The number of aliphatic hydroxyl groups is 1. The van der Waals surface area contributed by atoms with Gasteiger partial charge in [-0.3, -0.25) is 0 Å². The fourth-order valence-corrected chi connectivity index (χ4v) is 9.18. The van der Waals surface area contributed by atoms with Crippen LogP contribution >= 0.6 is 20.4 Å². The molecule has 1 aliphatic carbocycles. The van der Waals surface area contributed by atoms with Crippen LogP contribution in [0.25, 0.3) is 0 Å². The Balaban J connectivity index is 1.83. The summed E-state index contributed by atoms with van der Waals surface area (Å²) in [6, 6.07) is 0. The molecule has 0 bridgehead atoms. The topological polar surface area (TPSA) is 90.4 Å². The van der Waals surface area contributed by atoms with Crippen LogP contribution in [0.2, 0.25) is 0 Å². The molecule has 1 unspecified atom stereocenters. The standard InChI is InChI=1S/C16H23F6IN2O3/c1-12(2,16-23(24-16)25-16)11(26)28-10(9-6-4-3-5-7-9)8-13(27,14(17,18)19)15(20,21)22/h9-10,24-25,27H,3-8H2,1-2H3. The Hall–Kier alpha value is -0.340. The molecule has 5 nitrogen and oxygen atoms in total. The first-order valence-corrected chi connectivity index (χ1v) is 12.2. The van der Waals surface area contributed by atoms with E-state index in [0.29, 0.717) is 25.7 Å². The normalized spacial score (nSPS) is 25.1. The molecule has 0 aromatic rings. The van der Waals surface area contributed by atoms with E-state index < -0.39 is 71.8 Å². The molecular formula is C16H23F6IN2O3. The number of fused-ring (bicyclic) bond motifs is 1. The third-order valence-corrected chi connectivity index (χ3v) is 11.0. The minimum atomic E-state index is -5.94. The number of carbonyl (C=O) groups excluding carboxylic acids is 1. The van der Waals surface area contributed by atoms with Gasteiger partial charge in [0.05, 0.1) is 0 Å². The second-order valence-electron chi connectivity index (χ2n) is 8.16. The Kier molecular flexibility index (Phi) is 5.46. The van der Waals surface area contributed by atoms with E-state index in [-0.39, 0.29) is 0 Å². The molecule has 3 fully saturated rings. The molecule has 0 aromatic heterocycles. The van der Waals surface area contributed by atoms with Crippen LogP contribution in [-0.4, -0.2) is 38.8 Å². The Labute approximate surface area is 166 Å². The second-order valence-corrected chi connectivity index (χ2v) is 12.5. The Morgan fingerprint density at radius 1 is 1.11 bits per heavy atom. The van der Waals surface area contributed by atoms with Gasteiger partial charge < -0.3 is 0 Å². The van der Waals surface area contributed by atoms with E-state index in [2.05, 4.69) is 7.06 Å². The molecule has 3 aliphatic rings. The van der Waals surface area contributed by atoms with E-state index in [9.17, 15) is 36.2 Å². The average Bonchev–Trinajstić information content (AvgIpc) is 3.42. The maximum absolute atomic E-state index is 13.2. The van der Waals surface area contributed by atoms with Crippen molar-refractivity contribution in [2.24, 2.45) is 11.3 Å². The summed E-state index contributed by atoms with van der Waals surface area (Å²) in [6.45, 7) is 3.11. The number of nitrogens with one attached hydrogen (secondary N) is 2. The summed E-state index contributed by atoms with van der Waals surface area (Å²) in [7, 11) is 0. The summed E-state index contributed by atoms with van der Waals surface area (Å²) in [5.74, 6) is -1.51. The summed E-state index contributed by atoms with van der Waals surface area (Å²) in [4.78, 5) is 12.7. The van der Waals surface area contributed by atoms with E-state index in [1.807, 2.05) is 0 Å². The molecule has 3 N–H and O–H groups in total. The molecule has 3 rings (SSSR count). The average molecular weight is 532 g/mol. The third-order valence-electron chi connectivity index (χ3n) is 5.90. The van der Waals surface area contributed by atoms with Crippen LogP contribution in [-0.2, 0) is 9.53 Å². The predicted octanol–water partition coefficient (Wildman–Crippen LogP) is 3.95. The first kappa shape index (κ1) is 22.3. The number of ether oxygens (including phenoxy) is 1. The summed E-state index contributed by atoms with van der Waals surface area (Å²) in [5.41, 5.74) is -6.04. The van der Waals surface area contributed by atoms with Crippen LogP contribution in [0.5, 0.6) is 0 Å². The van der Waals surface area contributed by atoms with Gasteiger partial charge in [-0.25, -0.2) is 0 Å². The van der Waals surface area contributed by atoms with Crippen LogP contribution < -0.4 is 7.06 Å². The van der Waals surface area contributed by atoms with Gasteiger partial charge >= 0.3 is 166 Å². The molecule has 0 amide bonds. The zero-order valence-electron chi connectivity index (χ0n) is 15.3. The molecule has 164 valence electrons. The fraction of sp³-hybridized carbons (Fsp3) is 0.938. The van der Waals surface area contributed by atoms with Crippen molar-refractivity contribution in [3.63, 3.8) is 0 Å². The van der Waals surface area contributed by atoms with E-state index in [1.165, 1.54) is 0 Å². The molecule has 0 aromatic carbocycles. The van der Waals surface area contributed by atoms with Gasteiger partial charge in [0.25, 0.3) is 0 Å². The van der Waals surface area contributed by atoms with Crippen molar-refractivity contribution in [3.8, 4) is 0 Å². The van der Waals surface area contributed by atoms with Crippen molar-refractivity contribution < 1.29 is 41.0 Å². The predicted molar refractivity (Wildman–Crippen MR) is 94.9 cm³/mol. The summed E-state index contributed by atoms with van der Waals surface area (Å²) in [6.07, 6.45) is -12.5. The second kappa shape index (κ2) is 6.84. The summed E-state index contributed by atoms with van der Waals surface area (Å²) in [5, 5.41) is 9.62. The minimum absolute atomic E-state index is 0.351. The van der Waals surface area contributed by atoms with Gasteiger partial charge in [-0.1, -0.05) is 0 Å². The number of rotatable bonds is 6. The van der Waals surface area contributed by atoms with Crippen LogP contribution in [0.1, 0.15) is 52.4 Å². The zero-order chi connectivity index (χ0) is 21.2. The van der Waals surface area contributed by atoms with Crippen molar-refractivity contribution >= 4 is 26.3 Å². The number of alkyl halides is 7. The van der Waals surface area contributed by atoms with Crippen LogP contribution in [0.4, 0.5) is 26.3 Å². The summed E-state index contributed by atoms with van der Waals surface area (Å²) >= 11 is -1.59. The van der Waals surface area contributed by atoms with Gasteiger partial charge in [-0.15, -0.1) is 0 Å². The van der Waals surface area contributed by atoms with E-state index >= 15 is 0 Å². The van der Waals surface area contributed by atoms with Gasteiger partial charge in [0.1, 0.15) is 0 Å². The first-order valence-electron chi connectivity index (χ1n) is 8.98. The van der Waals surface area contributed by atoms with E-state index in [0.717, 1.165) is 6.42 Å². The molecule has 2 aliphatic heterocycles. The van der Waals surface area contributed by atoms with Crippen molar-refractivity contribution in [3.05, 3.63) is 0 Å². The molecule has 0 spiro atoms. The first-order chi connectivity index (χ1) is 12.7. The molecule has 1 saturated carbocycles. The fourth-order valence-electron chi connectivity index (χ4n) is 3.62. The third kappa shape index (κ3) is 3.62. The molecule has 2 saturated heterocycles. The SMILES string of the molecule is CC(C)(C(=O)OC(CC(O)(C(F)(F)F)C(F)(F)F)C1CCCCC1)C12NI1N2. The summed E-state index contributed by atoms with van der Waals surface area (Å²) < 4.78 is 90.0. The Morgan fingerprint density at radius 3 is 1.96 bits per heavy atom. The van der Waals surface area contributed by atoms with Gasteiger partial charge in [0, 0.05) is 0 Å². The number of hydrogen-bond donors (Lipinski definition) is 3. The van der Waals surface area contributed by atoms with Gasteiger partial charge in [0.15, 0.2) is 0 Å². The van der Waals surface area contributed by atoms with Gasteiger partial charge in [-0.05, 0) is 0 Å². The molecule has 2 heterocycles.